The van der Waals surface area contributed by atoms with Crippen molar-refractivity contribution < 1.29 is 14.0 Å². The number of rotatable bonds is 12. The van der Waals surface area contributed by atoms with Gasteiger partial charge in [0.2, 0.25) is 11.8 Å². The fourth-order valence-corrected chi connectivity index (χ4v) is 5.59. The van der Waals surface area contributed by atoms with Crippen LogP contribution in [-0.4, -0.2) is 35.1 Å². The highest BCUT2D eigenvalue weighted by atomic mass is 35.5. The van der Waals surface area contributed by atoms with E-state index in [2.05, 4.69) is 5.32 Å². The van der Waals surface area contributed by atoms with Gasteiger partial charge in [-0.3, -0.25) is 9.59 Å². The molecule has 0 fully saturated rings. The minimum absolute atomic E-state index is 0.00941. The zero-order valence-electron chi connectivity index (χ0n) is 21.2. The van der Waals surface area contributed by atoms with Crippen molar-refractivity contribution in [2.75, 3.05) is 12.3 Å². The van der Waals surface area contributed by atoms with Crippen LogP contribution in [-0.2, 0) is 28.3 Å². The summed E-state index contributed by atoms with van der Waals surface area (Å²) in [5.41, 5.74) is 1.80. The molecule has 202 valence electrons. The van der Waals surface area contributed by atoms with Crippen molar-refractivity contribution >= 4 is 58.4 Å². The zero-order chi connectivity index (χ0) is 27.7. The standard InChI is InChI=1S/C29H30Cl3FN2O2S/c1-19(2)15-34-29(37)27(14-20-8-4-3-5-9-20)35(16-21-23(30)10-6-11-24(21)31)28(36)18-38-17-22-25(32)12-7-13-26(22)33/h3-13,19,27H,14-18H2,1-2H3,(H,34,37)/t27-/m1/s1. The number of carbonyl (C=O) groups excluding carboxylic acids is 2. The van der Waals surface area contributed by atoms with Crippen LogP contribution in [0, 0.1) is 11.7 Å². The first-order valence-corrected chi connectivity index (χ1v) is 14.5. The zero-order valence-corrected chi connectivity index (χ0v) is 24.3. The van der Waals surface area contributed by atoms with Crippen LogP contribution >= 0.6 is 46.6 Å². The van der Waals surface area contributed by atoms with E-state index in [1.807, 2.05) is 44.2 Å². The number of carbonyl (C=O) groups is 2. The Kier molecular flexibility index (Phi) is 11.8. The smallest absolute Gasteiger partial charge is 0.243 e. The Labute approximate surface area is 242 Å². The van der Waals surface area contributed by atoms with Crippen molar-refractivity contribution in [2.24, 2.45) is 5.92 Å². The minimum atomic E-state index is -0.811. The molecule has 0 aliphatic carbocycles. The maximum Gasteiger partial charge on any atom is 0.243 e. The van der Waals surface area contributed by atoms with Gasteiger partial charge in [-0.25, -0.2) is 4.39 Å². The summed E-state index contributed by atoms with van der Waals surface area (Å²) >= 11 is 20.3. The fraction of sp³-hybridized carbons (Fsp3) is 0.310. The molecule has 0 aromatic heterocycles. The van der Waals surface area contributed by atoms with E-state index in [4.69, 9.17) is 34.8 Å². The van der Waals surface area contributed by atoms with Gasteiger partial charge in [-0.1, -0.05) is 91.1 Å². The molecule has 3 rings (SSSR count). The highest BCUT2D eigenvalue weighted by molar-refractivity contribution is 7.99. The monoisotopic (exact) mass is 594 g/mol. The van der Waals surface area contributed by atoms with Crippen molar-refractivity contribution in [2.45, 2.75) is 38.6 Å². The average Bonchev–Trinajstić information content (AvgIpc) is 2.88. The van der Waals surface area contributed by atoms with Gasteiger partial charge in [0.25, 0.3) is 0 Å². The van der Waals surface area contributed by atoms with Crippen molar-refractivity contribution in [1.29, 1.82) is 0 Å². The van der Waals surface area contributed by atoms with Crippen LogP contribution in [0.5, 0.6) is 0 Å². The van der Waals surface area contributed by atoms with Crippen LogP contribution in [0.1, 0.15) is 30.5 Å². The van der Waals surface area contributed by atoms with Crippen LogP contribution in [0.4, 0.5) is 4.39 Å². The fourth-order valence-electron chi connectivity index (χ4n) is 3.82. The summed E-state index contributed by atoms with van der Waals surface area (Å²) in [6.07, 6.45) is 0.308. The number of nitrogens with one attached hydrogen (secondary N) is 1. The first kappa shape index (κ1) is 30.3. The van der Waals surface area contributed by atoms with E-state index in [0.29, 0.717) is 39.2 Å². The Bertz CT molecular complexity index is 1200. The van der Waals surface area contributed by atoms with Crippen molar-refractivity contribution in [1.82, 2.24) is 10.2 Å². The maximum atomic E-state index is 14.3. The molecule has 2 amide bonds. The SMILES string of the molecule is CC(C)CNC(=O)[C@@H](Cc1ccccc1)N(Cc1c(Cl)cccc1Cl)C(=O)CSCc1c(F)cccc1Cl. The molecule has 0 saturated heterocycles. The topological polar surface area (TPSA) is 49.4 Å². The van der Waals surface area contributed by atoms with Crippen molar-refractivity contribution in [3.05, 3.63) is 104 Å². The van der Waals surface area contributed by atoms with Gasteiger partial charge >= 0.3 is 0 Å². The lowest BCUT2D eigenvalue weighted by Gasteiger charge is -2.32. The Balaban J connectivity index is 1.91. The molecule has 1 atom stereocenters. The molecule has 0 heterocycles. The van der Waals surface area contributed by atoms with Gasteiger partial charge in [0.05, 0.1) is 5.75 Å². The lowest BCUT2D eigenvalue weighted by molar-refractivity contribution is -0.139. The predicted octanol–water partition coefficient (Wildman–Crippen LogP) is 7.43. The summed E-state index contributed by atoms with van der Waals surface area (Å²) in [5, 5.41) is 4.09. The third-order valence-electron chi connectivity index (χ3n) is 5.88. The molecule has 0 spiro atoms. The Morgan fingerprint density at radius 3 is 2.11 bits per heavy atom. The van der Waals surface area contributed by atoms with E-state index in [1.165, 1.54) is 28.8 Å². The van der Waals surface area contributed by atoms with Crippen LogP contribution < -0.4 is 5.32 Å². The normalized spacial score (nSPS) is 11.9. The van der Waals surface area contributed by atoms with E-state index in [-0.39, 0.29) is 35.8 Å². The lowest BCUT2D eigenvalue weighted by Crippen LogP contribution is -2.51. The molecule has 0 saturated carbocycles. The van der Waals surface area contributed by atoms with Gasteiger partial charge < -0.3 is 10.2 Å². The molecule has 1 N–H and O–H groups in total. The molecule has 0 radical (unpaired) electrons. The van der Waals surface area contributed by atoms with E-state index < -0.39 is 11.9 Å². The van der Waals surface area contributed by atoms with Crippen LogP contribution in [0.2, 0.25) is 15.1 Å². The van der Waals surface area contributed by atoms with Gasteiger partial charge in [0.1, 0.15) is 11.9 Å². The molecule has 9 heteroatoms. The highest BCUT2D eigenvalue weighted by Gasteiger charge is 2.31. The second kappa shape index (κ2) is 14.8. The summed E-state index contributed by atoms with van der Waals surface area (Å²) in [7, 11) is 0. The summed E-state index contributed by atoms with van der Waals surface area (Å²) in [6, 6.07) is 18.3. The lowest BCUT2D eigenvalue weighted by atomic mass is 10.0. The first-order chi connectivity index (χ1) is 18.2. The van der Waals surface area contributed by atoms with Gasteiger partial charge in [-0.15, -0.1) is 11.8 Å². The molecular formula is C29H30Cl3FN2O2S. The van der Waals surface area contributed by atoms with Gasteiger partial charge in [0.15, 0.2) is 0 Å². The third-order valence-corrected chi connectivity index (χ3v) is 7.89. The van der Waals surface area contributed by atoms with E-state index in [9.17, 15) is 14.0 Å². The average molecular weight is 596 g/mol. The molecule has 3 aromatic rings. The largest absolute Gasteiger partial charge is 0.354 e. The molecule has 0 aliphatic rings. The number of hydrogen-bond donors (Lipinski definition) is 1. The van der Waals surface area contributed by atoms with Crippen molar-refractivity contribution in [3.8, 4) is 0 Å². The second-order valence-electron chi connectivity index (χ2n) is 9.26. The van der Waals surface area contributed by atoms with Crippen LogP contribution in [0.25, 0.3) is 0 Å². The number of benzene rings is 3. The van der Waals surface area contributed by atoms with E-state index >= 15 is 0 Å². The molecule has 0 unspecified atom stereocenters. The summed E-state index contributed by atoms with van der Waals surface area (Å²) in [5.74, 6) is -0.525. The Hall–Kier alpha value is -2.25. The number of nitrogens with zero attached hydrogens (tertiary/aromatic N) is 1. The first-order valence-electron chi connectivity index (χ1n) is 12.2. The molecule has 0 bridgehead atoms. The summed E-state index contributed by atoms with van der Waals surface area (Å²) in [6.45, 7) is 4.53. The number of amides is 2. The second-order valence-corrected chi connectivity index (χ2v) is 11.5. The molecular weight excluding hydrogens is 566 g/mol. The third kappa shape index (κ3) is 8.63. The summed E-state index contributed by atoms with van der Waals surface area (Å²) < 4.78 is 14.3. The van der Waals surface area contributed by atoms with Crippen LogP contribution in [0.15, 0.2) is 66.7 Å². The number of hydrogen-bond acceptors (Lipinski definition) is 3. The molecule has 3 aromatic carbocycles. The summed E-state index contributed by atoms with van der Waals surface area (Å²) in [4.78, 5) is 28.7. The van der Waals surface area contributed by atoms with E-state index in [0.717, 1.165) is 5.56 Å². The van der Waals surface area contributed by atoms with Gasteiger partial charge in [-0.05, 0) is 35.7 Å². The predicted molar refractivity (Wildman–Crippen MR) is 156 cm³/mol. The van der Waals surface area contributed by atoms with E-state index in [1.54, 1.807) is 24.3 Å². The van der Waals surface area contributed by atoms with Crippen molar-refractivity contribution in [3.63, 3.8) is 0 Å². The number of thioether (sulfide) groups is 1. The molecule has 0 aliphatic heterocycles. The van der Waals surface area contributed by atoms with Gasteiger partial charge in [0, 0.05) is 51.5 Å². The molecule has 4 nitrogen and oxygen atoms in total. The van der Waals surface area contributed by atoms with Gasteiger partial charge in [-0.2, -0.15) is 0 Å². The number of halogens is 4. The van der Waals surface area contributed by atoms with Crippen LogP contribution in [0.3, 0.4) is 0 Å². The highest BCUT2D eigenvalue weighted by Crippen LogP contribution is 2.29. The quantitative estimate of drug-likeness (QED) is 0.237. The Morgan fingerprint density at radius 1 is 0.895 bits per heavy atom. The Morgan fingerprint density at radius 2 is 1.50 bits per heavy atom. The maximum absolute atomic E-state index is 14.3. The minimum Gasteiger partial charge on any atom is -0.354 e. The molecule has 38 heavy (non-hydrogen) atoms.